The summed E-state index contributed by atoms with van der Waals surface area (Å²) in [7, 11) is 0. The fourth-order valence-electron chi connectivity index (χ4n) is 2.10. The minimum absolute atomic E-state index is 0.161. The van der Waals surface area contributed by atoms with Crippen LogP contribution in [-0.2, 0) is 0 Å². The van der Waals surface area contributed by atoms with Gasteiger partial charge in [0.1, 0.15) is 0 Å². The lowest BCUT2D eigenvalue weighted by atomic mass is 9.99. The van der Waals surface area contributed by atoms with Gasteiger partial charge in [0.2, 0.25) is 0 Å². The van der Waals surface area contributed by atoms with Gasteiger partial charge in [-0.3, -0.25) is 0 Å². The number of rotatable bonds is 1. The van der Waals surface area contributed by atoms with Gasteiger partial charge in [-0.1, -0.05) is 17.7 Å². The maximum absolute atomic E-state index is 8.95. The molecule has 0 N–H and O–H groups in total. The number of benzene rings is 1. The zero-order valence-electron chi connectivity index (χ0n) is 9.41. The van der Waals surface area contributed by atoms with Crippen LogP contribution in [0.25, 0.3) is 0 Å². The lowest BCUT2D eigenvalue weighted by Crippen LogP contribution is -2.34. The summed E-state index contributed by atoms with van der Waals surface area (Å²) in [6.45, 7) is 3.86. The lowest BCUT2D eigenvalue weighted by molar-refractivity contribution is 0.493. The summed E-state index contributed by atoms with van der Waals surface area (Å²) < 4.78 is 0. The molecule has 1 atom stereocenters. The van der Waals surface area contributed by atoms with Gasteiger partial charge in [0.25, 0.3) is 0 Å². The smallest absolute Gasteiger partial charge is 0.0674 e. The summed E-state index contributed by atoms with van der Waals surface area (Å²) in [5, 5.41) is 9.75. The zero-order chi connectivity index (χ0) is 11.5. The molecule has 0 aromatic heterocycles. The summed E-state index contributed by atoms with van der Waals surface area (Å²) in [6, 6.07) is 8.47. The van der Waals surface area contributed by atoms with Crippen LogP contribution in [0.4, 0.5) is 5.69 Å². The Morgan fingerprint density at radius 2 is 2.31 bits per heavy atom. The highest BCUT2D eigenvalue weighted by atomic mass is 35.5. The Kier molecular flexibility index (Phi) is 3.36. The highest BCUT2D eigenvalue weighted by Crippen LogP contribution is 2.26. The van der Waals surface area contributed by atoms with Crippen molar-refractivity contribution in [2.45, 2.75) is 19.8 Å². The van der Waals surface area contributed by atoms with Crippen LogP contribution in [0, 0.1) is 24.2 Å². The maximum Gasteiger partial charge on any atom is 0.0674 e. The van der Waals surface area contributed by atoms with Crippen molar-refractivity contribution in [3.8, 4) is 6.07 Å². The molecule has 1 aromatic carbocycles. The number of piperidine rings is 1. The van der Waals surface area contributed by atoms with Gasteiger partial charge in [0, 0.05) is 23.8 Å². The summed E-state index contributed by atoms with van der Waals surface area (Å²) in [5.41, 5.74) is 2.23. The molecule has 16 heavy (non-hydrogen) atoms. The predicted molar refractivity (Wildman–Crippen MR) is 66.7 cm³/mol. The molecular weight excluding hydrogens is 220 g/mol. The number of aryl methyl sites for hydroxylation is 1. The molecular formula is C13H15ClN2. The highest BCUT2D eigenvalue weighted by molar-refractivity contribution is 6.31. The molecule has 0 amide bonds. The largest absolute Gasteiger partial charge is 0.370 e. The second-order valence-electron chi connectivity index (χ2n) is 4.35. The average Bonchev–Trinajstić information content (AvgIpc) is 2.33. The van der Waals surface area contributed by atoms with Crippen LogP contribution in [0.5, 0.6) is 0 Å². The van der Waals surface area contributed by atoms with E-state index in [-0.39, 0.29) is 5.92 Å². The number of anilines is 1. The van der Waals surface area contributed by atoms with E-state index in [0.717, 1.165) is 42.2 Å². The molecule has 1 aromatic rings. The third-order valence-corrected chi connectivity index (χ3v) is 3.53. The molecule has 3 heteroatoms. The van der Waals surface area contributed by atoms with E-state index in [2.05, 4.69) is 17.0 Å². The first kappa shape index (κ1) is 11.3. The average molecular weight is 235 g/mol. The van der Waals surface area contributed by atoms with E-state index < -0.39 is 0 Å². The van der Waals surface area contributed by atoms with Gasteiger partial charge in [-0.2, -0.15) is 5.26 Å². The van der Waals surface area contributed by atoms with Crippen LogP contribution in [0.15, 0.2) is 18.2 Å². The molecule has 84 valence electrons. The van der Waals surface area contributed by atoms with E-state index in [9.17, 15) is 0 Å². The number of halogens is 1. The van der Waals surface area contributed by atoms with E-state index >= 15 is 0 Å². The Hall–Kier alpha value is -1.20. The first-order chi connectivity index (χ1) is 7.70. The topological polar surface area (TPSA) is 27.0 Å². The summed E-state index contributed by atoms with van der Waals surface area (Å²) >= 11 is 6.11. The van der Waals surface area contributed by atoms with E-state index in [1.165, 1.54) is 0 Å². The van der Waals surface area contributed by atoms with Gasteiger partial charge in [-0.25, -0.2) is 0 Å². The highest BCUT2D eigenvalue weighted by Gasteiger charge is 2.19. The summed E-state index contributed by atoms with van der Waals surface area (Å²) in [6.07, 6.45) is 2.11. The van der Waals surface area contributed by atoms with Crippen molar-refractivity contribution in [2.75, 3.05) is 18.0 Å². The normalized spacial score (nSPS) is 20.6. The monoisotopic (exact) mass is 234 g/mol. The third kappa shape index (κ3) is 2.31. The first-order valence-electron chi connectivity index (χ1n) is 5.61. The number of hydrogen-bond donors (Lipinski definition) is 0. The van der Waals surface area contributed by atoms with Crippen molar-refractivity contribution in [1.29, 1.82) is 5.26 Å². The fourth-order valence-corrected chi connectivity index (χ4v) is 2.27. The second kappa shape index (κ2) is 4.76. The third-order valence-electron chi connectivity index (χ3n) is 3.12. The van der Waals surface area contributed by atoms with Gasteiger partial charge in [0.15, 0.2) is 0 Å². The summed E-state index contributed by atoms with van der Waals surface area (Å²) in [5.74, 6) is 0.161. The Morgan fingerprint density at radius 1 is 1.50 bits per heavy atom. The Bertz CT molecular complexity index is 422. The van der Waals surface area contributed by atoms with Crippen molar-refractivity contribution in [2.24, 2.45) is 5.92 Å². The number of nitrogens with zero attached hydrogens (tertiary/aromatic N) is 2. The van der Waals surface area contributed by atoms with Crippen molar-refractivity contribution < 1.29 is 0 Å². The van der Waals surface area contributed by atoms with Gasteiger partial charge in [-0.15, -0.1) is 0 Å². The molecule has 1 heterocycles. The molecule has 2 rings (SSSR count). The lowest BCUT2D eigenvalue weighted by Gasteiger charge is -2.31. The number of hydrogen-bond acceptors (Lipinski definition) is 2. The molecule has 0 radical (unpaired) electrons. The molecule has 1 unspecified atom stereocenters. The van der Waals surface area contributed by atoms with Gasteiger partial charge < -0.3 is 4.90 Å². The van der Waals surface area contributed by atoms with Crippen LogP contribution in [-0.4, -0.2) is 13.1 Å². The number of nitriles is 1. The molecule has 1 aliphatic rings. The molecule has 1 saturated heterocycles. The van der Waals surface area contributed by atoms with E-state index in [0.29, 0.717) is 0 Å². The first-order valence-corrected chi connectivity index (χ1v) is 5.99. The molecule has 0 aliphatic carbocycles. The van der Waals surface area contributed by atoms with Crippen LogP contribution in [0.3, 0.4) is 0 Å². The quantitative estimate of drug-likeness (QED) is 0.745. The Morgan fingerprint density at radius 3 is 3.00 bits per heavy atom. The van der Waals surface area contributed by atoms with Crippen molar-refractivity contribution in [3.05, 3.63) is 28.8 Å². The van der Waals surface area contributed by atoms with E-state index in [1.54, 1.807) is 0 Å². The molecule has 2 nitrogen and oxygen atoms in total. The molecule has 1 aliphatic heterocycles. The van der Waals surface area contributed by atoms with Gasteiger partial charge >= 0.3 is 0 Å². The minimum atomic E-state index is 0.161. The Labute approximate surface area is 101 Å². The minimum Gasteiger partial charge on any atom is -0.370 e. The van der Waals surface area contributed by atoms with Crippen molar-refractivity contribution in [1.82, 2.24) is 0 Å². The van der Waals surface area contributed by atoms with Crippen LogP contribution in [0.1, 0.15) is 18.4 Å². The second-order valence-corrected chi connectivity index (χ2v) is 4.75. The van der Waals surface area contributed by atoms with Gasteiger partial charge in [0.05, 0.1) is 12.0 Å². The van der Waals surface area contributed by atoms with Gasteiger partial charge in [-0.05, 0) is 37.5 Å². The van der Waals surface area contributed by atoms with Crippen LogP contribution < -0.4 is 4.90 Å². The van der Waals surface area contributed by atoms with E-state index in [4.69, 9.17) is 16.9 Å². The SMILES string of the molecule is Cc1ccc(N2CCCC(C#N)C2)cc1Cl. The van der Waals surface area contributed by atoms with Crippen molar-refractivity contribution in [3.63, 3.8) is 0 Å². The van der Waals surface area contributed by atoms with E-state index in [1.807, 2.05) is 19.1 Å². The Balaban J connectivity index is 2.17. The molecule has 0 spiro atoms. The van der Waals surface area contributed by atoms with Crippen molar-refractivity contribution >= 4 is 17.3 Å². The predicted octanol–water partition coefficient (Wildman–Crippen LogP) is 3.39. The standard InChI is InChI=1S/C13H15ClN2/c1-10-4-5-12(7-13(10)14)16-6-2-3-11(8-15)9-16/h4-5,7,11H,2-3,6,9H2,1H3. The van der Waals surface area contributed by atoms with Crippen LogP contribution in [0.2, 0.25) is 5.02 Å². The molecule has 0 saturated carbocycles. The summed E-state index contributed by atoms with van der Waals surface area (Å²) in [4.78, 5) is 2.25. The fraction of sp³-hybridized carbons (Fsp3) is 0.462. The zero-order valence-corrected chi connectivity index (χ0v) is 10.2. The molecule has 0 bridgehead atoms. The molecule has 1 fully saturated rings. The maximum atomic E-state index is 8.95. The van der Waals surface area contributed by atoms with Crippen LogP contribution >= 0.6 is 11.6 Å².